The lowest BCUT2D eigenvalue weighted by Crippen LogP contribution is -2.25. The third kappa shape index (κ3) is 3.26. The fraction of sp³-hybridized carbons (Fsp3) is 0.312. The van der Waals surface area contributed by atoms with Gasteiger partial charge in [-0.2, -0.15) is 5.26 Å². The van der Waals surface area contributed by atoms with Crippen molar-refractivity contribution in [3.05, 3.63) is 48.4 Å². The largest absolute Gasteiger partial charge is 0.331 e. The van der Waals surface area contributed by atoms with E-state index in [1.165, 1.54) is 5.56 Å². The zero-order valence-corrected chi connectivity index (χ0v) is 12.1. The summed E-state index contributed by atoms with van der Waals surface area (Å²) in [4.78, 5) is 18.0. The molecule has 1 aromatic heterocycles. The molecule has 6 nitrogen and oxygen atoms in total. The maximum Gasteiger partial charge on any atom is 0.230 e. The number of hydrogen-bond donors (Lipinski definition) is 1. The number of likely N-dealkylation sites (tertiary alicyclic amines) is 1. The quantitative estimate of drug-likeness (QED) is 0.871. The Kier molecular flexibility index (Phi) is 4.05. The van der Waals surface area contributed by atoms with Crippen molar-refractivity contribution in [3.8, 4) is 6.19 Å². The molecular weight excluding hydrogens is 278 g/mol. The van der Waals surface area contributed by atoms with E-state index in [0.717, 1.165) is 6.54 Å². The Bertz CT molecular complexity index is 688. The molecule has 1 atom stereocenters. The number of benzene rings is 1. The van der Waals surface area contributed by atoms with Crippen LogP contribution in [0.4, 0.5) is 5.82 Å². The van der Waals surface area contributed by atoms with Crippen LogP contribution in [-0.4, -0.2) is 33.4 Å². The first kappa shape index (κ1) is 14.1. The summed E-state index contributed by atoms with van der Waals surface area (Å²) in [6, 6.07) is 10.1. The minimum atomic E-state index is -0.140. The molecular formula is C16H17N5O. The molecule has 1 fully saturated rings. The Morgan fingerprint density at radius 2 is 2.23 bits per heavy atom. The van der Waals surface area contributed by atoms with E-state index in [4.69, 9.17) is 5.26 Å². The first-order valence-electron chi connectivity index (χ1n) is 7.26. The van der Waals surface area contributed by atoms with Crippen molar-refractivity contribution in [1.82, 2.24) is 14.5 Å². The second-order valence-electron chi connectivity index (χ2n) is 5.44. The molecule has 3 rings (SSSR count). The molecule has 1 saturated heterocycles. The molecule has 1 aromatic carbocycles. The molecule has 1 aliphatic rings. The zero-order valence-electron chi connectivity index (χ0n) is 12.1. The Hall–Kier alpha value is -2.81. The number of carbonyl (C=O) groups is 1. The Balaban J connectivity index is 1.58. The van der Waals surface area contributed by atoms with Gasteiger partial charge >= 0.3 is 0 Å². The van der Waals surface area contributed by atoms with Gasteiger partial charge in [-0.15, -0.1) is 0 Å². The number of carbonyl (C=O) groups excluding carboxylic acids is 1. The fourth-order valence-corrected chi connectivity index (χ4v) is 2.60. The van der Waals surface area contributed by atoms with Gasteiger partial charge in [0.1, 0.15) is 0 Å². The highest BCUT2D eigenvalue weighted by Gasteiger charge is 2.28. The van der Waals surface area contributed by atoms with E-state index in [1.807, 2.05) is 41.1 Å². The second-order valence-corrected chi connectivity index (χ2v) is 5.44. The highest BCUT2D eigenvalue weighted by molar-refractivity contribution is 5.91. The van der Waals surface area contributed by atoms with Crippen molar-refractivity contribution in [3.63, 3.8) is 0 Å². The Morgan fingerprint density at radius 3 is 2.95 bits per heavy atom. The van der Waals surface area contributed by atoms with Crippen molar-refractivity contribution in [2.45, 2.75) is 13.0 Å². The Labute approximate surface area is 129 Å². The van der Waals surface area contributed by atoms with Crippen LogP contribution in [-0.2, 0) is 11.3 Å². The highest BCUT2D eigenvalue weighted by atomic mass is 16.2. The van der Waals surface area contributed by atoms with E-state index < -0.39 is 0 Å². The van der Waals surface area contributed by atoms with E-state index in [2.05, 4.69) is 16.5 Å². The molecule has 22 heavy (non-hydrogen) atoms. The highest BCUT2D eigenvalue weighted by Crippen LogP contribution is 2.17. The number of anilines is 1. The standard InChI is InChI=1S/C16H17N5O/c17-11-20-7-6-14(9-20)16(22)19-15-10-21(12-18-15)8-13-4-2-1-3-5-13/h1-5,10,12,14H,6-9H2,(H,19,22). The summed E-state index contributed by atoms with van der Waals surface area (Å²) in [5.74, 6) is 0.345. The summed E-state index contributed by atoms with van der Waals surface area (Å²) in [6.07, 6.45) is 6.32. The summed E-state index contributed by atoms with van der Waals surface area (Å²) < 4.78 is 1.93. The summed E-state index contributed by atoms with van der Waals surface area (Å²) in [7, 11) is 0. The minimum absolute atomic E-state index is 0.0669. The van der Waals surface area contributed by atoms with Crippen LogP contribution in [0.2, 0.25) is 0 Å². The molecule has 1 aliphatic heterocycles. The topological polar surface area (TPSA) is 74.0 Å². The lowest BCUT2D eigenvalue weighted by Gasteiger charge is -2.08. The van der Waals surface area contributed by atoms with Crippen LogP contribution >= 0.6 is 0 Å². The van der Waals surface area contributed by atoms with Crippen molar-refractivity contribution in [1.29, 1.82) is 5.26 Å². The minimum Gasteiger partial charge on any atom is -0.331 e. The average molecular weight is 295 g/mol. The van der Waals surface area contributed by atoms with Gasteiger partial charge in [-0.1, -0.05) is 30.3 Å². The van der Waals surface area contributed by atoms with E-state index in [9.17, 15) is 4.79 Å². The molecule has 1 N–H and O–H groups in total. The van der Waals surface area contributed by atoms with Crippen molar-refractivity contribution in [2.24, 2.45) is 5.92 Å². The van der Waals surface area contributed by atoms with Gasteiger partial charge in [0.2, 0.25) is 5.91 Å². The molecule has 0 bridgehead atoms. The van der Waals surface area contributed by atoms with Gasteiger partial charge in [0, 0.05) is 25.8 Å². The fourth-order valence-electron chi connectivity index (χ4n) is 2.60. The number of nitrogens with one attached hydrogen (secondary N) is 1. The zero-order chi connectivity index (χ0) is 15.4. The Morgan fingerprint density at radius 1 is 1.41 bits per heavy atom. The number of nitrogens with zero attached hydrogens (tertiary/aromatic N) is 4. The summed E-state index contributed by atoms with van der Waals surface area (Å²) >= 11 is 0. The van der Waals surface area contributed by atoms with E-state index in [0.29, 0.717) is 25.3 Å². The molecule has 0 spiro atoms. The molecule has 1 unspecified atom stereocenters. The van der Waals surface area contributed by atoms with Gasteiger partial charge in [0.05, 0.1) is 12.2 Å². The van der Waals surface area contributed by atoms with Gasteiger partial charge in [0.25, 0.3) is 0 Å². The molecule has 112 valence electrons. The number of hydrogen-bond acceptors (Lipinski definition) is 4. The van der Waals surface area contributed by atoms with Crippen LogP contribution in [0.5, 0.6) is 0 Å². The van der Waals surface area contributed by atoms with Crippen molar-refractivity contribution in [2.75, 3.05) is 18.4 Å². The van der Waals surface area contributed by atoms with Gasteiger partial charge in [-0.05, 0) is 12.0 Å². The molecule has 0 radical (unpaired) electrons. The van der Waals surface area contributed by atoms with Crippen LogP contribution in [0.3, 0.4) is 0 Å². The lowest BCUT2D eigenvalue weighted by molar-refractivity contribution is -0.119. The first-order valence-corrected chi connectivity index (χ1v) is 7.26. The van der Waals surface area contributed by atoms with Crippen LogP contribution < -0.4 is 5.32 Å². The van der Waals surface area contributed by atoms with Gasteiger partial charge in [-0.3, -0.25) is 4.79 Å². The van der Waals surface area contributed by atoms with Gasteiger partial charge in [-0.25, -0.2) is 4.98 Å². The third-order valence-corrected chi connectivity index (χ3v) is 3.79. The smallest absolute Gasteiger partial charge is 0.230 e. The molecule has 0 saturated carbocycles. The number of nitriles is 1. The van der Waals surface area contributed by atoms with E-state index >= 15 is 0 Å². The summed E-state index contributed by atoms with van der Waals surface area (Å²) in [5.41, 5.74) is 1.18. The predicted molar refractivity (Wildman–Crippen MR) is 81.7 cm³/mol. The molecule has 6 heteroatoms. The molecule has 0 aliphatic carbocycles. The maximum atomic E-state index is 12.1. The first-order chi connectivity index (χ1) is 10.7. The van der Waals surface area contributed by atoms with Crippen molar-refractivity contribution < 1.29 is 4.79 Å². The number of rotatable bonds is 4. The number of imidazole rings is 1. The van der Waals surface area contributed by atoms with Crippen LogP contribution in [0.1, 0.15) is 12.0 Å². The molecule has 1 amide bonds. The summed E-state index contributed by atoms with van der Waals surface area (Å²) in [6.45, 7) is 1.86. The van der Waals surface area contributed by atoms with Gasteiger partial charge in [0.15, 0.2) is 12.0 Å². The third-order valence-electron chi connectivity index (χ3n) is 3.79. The van der Waals surface area contributed by atoms with E-state index in [-0.39, 0.29) is 11.8 Å². The van der Waals surface area contributed by atoms with Crippen molar-refractivity contribution >= 4 is 11.7 Å². The monoisotopic (exact) mass is 295 g/mol. The van der Waals surface area contributed by atoms with Crippen LogP contribution in [0.15, 0.2) is 42.9 Å². The predicted octanol–water partition coefficient (Wildman–Crippen LogP) is 1.67. The number of amides is 1. The summed E-state index contributed by atoms with van der Waals surface area (Å²) in [5, 5.41) is 11.7. The molecule has 2 heterocycles. The molecule has 2 aromatic rings. The average Bonchev–Trinajstić information content (AvgIpc) is 3.17. The SMILES string of the molecule is N#CN1CCC(C(=O)Nc2cn(Cc3ccccc3)cn2)C1. The van der Waals surface area contributed by atoms with Crippen LogP contribution in [0, 0.1) is 17.4 Å². The maximum absolute atomic E-state index is 12.1. The lowest BCUT2D eigenvalue weighted by atomic mass is 10.1. The van der Waals surface area contributed by atoms with E-state index in [1.54, 1.807) is 11.2 Å². The normalized spacial score (nSPS) is 17.2. The van der Waals surface area contributed by atoms with Gasteiger partial charge < -0.3 is 14.8 Å². The van der Waals surface area contributed by atoms with Crippen LogP contribution in [0.25, 0.3) is 0 Å². The number of aromatic nitrogens is 2. The second kappa shape index (κ2) is 6.31.